The van der Waals surface area contributed by atoms with Crippen LogP contribution in [0, 0.1) is 0 Å². The summed E-state index contributed by atoms with van der Waals surface area (Å²) in [5.41, 5.74) is 3.59. The second-order valence-electron chi connectivity index (χ2n) is 7.01. The third-order valence-corrected chi connectivity index (χ3v) is 5.62. The van der Waals surface area contributed by atoms with Crippen LogP contribution in [0.25, 0.3) is 10.4 Å². The smallest absolute Gasteiger partial charge is 0.188 e. The molecule has 0 saturated carbocycles. The Balaban J connectivity index is 1.35. The van der Waals surface area contributed by atoms with Gasteiger partial charge in [0.05, 0.1) is 10.6 Å². The summed E-state index contributed by atoms with van der Waals surface area (Å²) in [6.45, 7) is 1.81. The topological polar surface area (TPSA) is 41.0 Å². The Bertz CT molecular complexity index is 1030. The van der Waals surface area contributed by atoms with Crippen molar-refractivity contribution in [2.45, 2.75) is 13.0 Å². The highest BCUT2D eigenvalue weighted by molar-refractivity contribution is 7.18. The lowest BCUT2D eigenvalue weighted by molar-refractivity contribution is 0.327. The Morgan fingerprint density at radius 2 is 1.66 bits per heavy atom. The molecular weight excluding hydrogens is 376 g/mol. The van der Waals surface area contributed by atoms with Crippen LogP contribution in [0.15, 0.2) is 85.1 Å². The summed E-state index contributed by atoms with van der Waals surface area (Å²) in [5, 5.41) is 4.20. The summed E-state index contributed by atoms with van der Waals surface area (Å²) in [4.78, 5) is 12.7. The van der Waals surface area contributed by atoms with Gasteiger partial charge < -0.3 is 10.2 Å². The summed E-state index contributed by atoms with van der Waals surface area (Å²) in [6.07, 6.45) is 2.94. The maximum Gasteiger partial charge on any atom is 0.188 e. The second kappa shape index (κ2) is 9.45. The Labute approximate surface area is 175 Å². The second-order valence-corrected chi connectivity index (χ2v) is 8.04. The van der Waals surface area contributed by atoms with E-state index in [-0.39, 0.29) is 0 Å². The molecule has 4 aromatic rings. The Morgan fingerprint density at radius 1 is 0.897 bits per heavy atom. The minimum absolute atomic E-state index is 0.815. The maximum absolute atomic E-state index is 4.76. The van der Waals surface area contributed by atoms with Crippen LogP contribution in [0.1, 0.15) is 11.3 Å². The molecule has 0 atom stereocenters. The molecular formula is C24H24N4S. The number of rotatable bonds is 8. The van der Waals surface area contributed by atoms with Crippen molar-refractivity contribution in [1.29, 1.82) is 0 Å². The van der Waals surface area contributed by atoms with Crippen molar-refractivity contribution in [2.24, 2.45) is 0 Å². The number of pyridine rings is 1. The van der Waals surface area contributed by atoms with Crippen molar-refractivity contribution in [3.8, 4) is 10.4 Å². The van der Waals surface area contributed by atoms with E-state index in [0.29, 0.717) is 0 Å². The lowest BCUT2D eigenvalue weighted by Gasteiger charge is -2.16. The van der Waals surface area contributed by atoms with Crippen LogP contribution in [0.2, 0.25) is 0 Å². The van der Waals surface area contributed by atoms with Gasteiger partial charge in [0.1, 0.15) is 5.82 Å². The van der Waals surface area contributed by atoms with Gasteiger partial charge in [-0.25, -0.2) is 9.97 Å². The first-order chi connectivity index (χ1) is 14.3. The predicted molar refractivity (Wildman–Crippen MR) is 122 cm³/mol. The highest BCUT2D eigenvalue weighted by atomic mass is 32.1. The van der Waals surface area contributed by atoms with E-state index >= 15 is 0 Å². The molecule has 0 spiro atoms. The summed E-state index contributed by atoms with van der Waals surface area (Å²) in [7, 11) is 2.14. The van der Waals surface area contributed by atoms with Gasteiger partial charge in [-0.15, -0.1) is 0 Å². The zero-order valence-electron chi connectivity index (χ0n) is 16.5. The quantitative estimate of drug-likeness (QED) is 0.417. The highest BCUT2D eigenvalue weighted by Crippen LogP contribution is 2.30. The molecule has 29 heavy (non-hydrogen) atoms. The number of thiazole rings is 1. The van der Waals surface area contributed by atoms with E-state index in [0.717, 1.165) is 41.0 Å². The Kier molecular flexibility index (Phi) is 6.29. The van der Waals surface area contributed by atoms with Crippen molar-refractivity contribution in [3.63, 3.8) is 0 Å². The number of nitrogens with one attached hydrogen (secondary N) is 1. The number of benzene rings is 2. The average molecular weight is 401 g/mol. The fourth-order valence-electron chi connectivity index (χ4n) is 3.13. The van der Waals surface area contributed by atoms with Gasteiger partial charge in [0.15, 0.2) is 5.13 Å². The van der Waals surface area contributed by atoms with E-state index in [4.69, 9.17) is 4.98 Å². The van der Waals surface area contributed by atoms with E-state index in [1.165, 1.54) is 11.1 Å². The van der Waals surface area contributed by atoms with Crippen LogP contribution >= 0.6 is 11.3 Å². The minimum Gasteiger partial charge on any atom is -0.316 e. The Hall–Kier alpha value is -3.02. The molecule has 0 aliphatic carbocycles. The zero-order valence-corrected chi connectivity index (χ0v) is 17.3. The first-order valence-electron chi connectivity index (χ1n) is 9.73. The lowest BCUT2D eigenvalue weighted by Crippen LogP contribution is -2.21. The molecule has 0 aliphatic rings. The predicted octanol–water partition coefficient (Wildman–Crippen LogP) is 5.62. The van der Waals surface area contributed by atoms with Crippen LogP contribution in [0.5, 0.6) is 0 Å². The number of hydrogen-bond acceptors (Lipinski definition) is 5. The highest BCUT2D eigenvalue weighted by Gasteiger charge is 2.07. The largest absolute Gasteiger partial charge is 0.316 e. The van der Waals surface area contributed by atoms with Gasteiger partial charge in [-0.3, -0.25) is 0 Å². The van der Waals surface area contributed by atoms with Crippen LogP contribution < -0.4 is 5.32 Å². The van der Waals surface area contributed by atoms with Crippen LogP contribution in [0.3, 0.4) is 0 Å². The summed E-state index contributed by atoms with van der Waals surface area (Å²) in [6, 6.07) is 27.0. The molecule has 4 nitrogen and oxygen atoms in total. The summed E-state index contributed by atoms with van der Waals surface area (Å²) in [5.74, 6) is 0.827. The fourth-order valence-corrected chi connectivity index (χ4v) is 3.96. The van der Waals surface area contributed by atoms with Crippen molar-refractivity contribution in [1.82, 2.24) is 14.9 Å². The van der Waals surface area contributed by atoms with Gasteiger partial charge in [0, 0.05) is 19.3 Å². The van der Waals surface area contributed by atoms with Gasteiger partial charge in [-0.2, -0.15) is 0 Å². The summed E-state index contributed by atoms with van der Waals surface area (Å²) >= 11 is 1.63. The number of aromatic nitrogens is 2. The normalized spacial score (nSPS) is 11.0. The van der Waals surface area contributed by atoms with Crippen molar-refractivity contribution >= 4 is 22.3 Å². The maximum atomic E-state index is 4.76. The number of likely N-dealkylation sites (N-methyl/N-ethyl adjacent to an activating group) is 1. The third kappa shape index (κ3) is 5.50. The SMILES string of the molecule is CN(CCc1ccccc1)Cc1cccc(Nc2ncc(-c3ccccc3)s2)n1. The molecule has 0 amide bonds. The van der Waals surface area contributed by atoms with Gasteiger partial charge in [0.2, 0.25) is 0 Å². The zero-order chi connectivity index (χ0) is 19.9. The minimum atomic E-state index is 0.815. The number of hydrogen-bond donors (Lipinski definition) is 1. The van der Waals surface area contributed by atoms with Crippen LogP contribution in [-0.4, -0.2) is 28.5 Å². The molecule has 0 radical (unpaired) electrons. The molecule has 0 aliphatic heterocycles. The molecule has 2 aromatic heterocycles. The Morgan fingerprint density at radius 3 is 2.45 bits per heavy atom. The molecule has 0 unspecified atom stereocenters. The molecule has 2 aromatic carbocycles. The van der Waals surface area contributed by atoms with E-state index in [9.17, 15) is 0 Å². The van der Waals surface area contributed by atoms with Gasteiger partial charge in [-0.1, -0.05) is 78.1 Å². The third-order valence-electron chi connectivity index (χ3n) is 4.66. The molecule has 146 valence electrons. The number of anilines is 2. The van der Waals surface area contributed by atoms with E-state index < -0.39 is 0 Å². The van der Waals surface area contributed by atoms with Crippen LogP contribution in [-0.2, 0) is 13.0 Å². The van der Waals surface area contributed by atoms with Gasteiger partial charge >= 0.3 is 0 Å². The molecule has 4 rings (SSSR count). The van der Waals surface area contributed by atoms with Crippen molar-refractivity contribution in [3.05, 3.63) is 96.3 Å². The molecule has 0 saturated heterocycles. The molecule has 2 heterocycles. The first kappa shape index (κ1) is 19.3. The van der Waals surface area contributed by atoms with E-state index in [1.54, 1.807) is 11.3 Å². The van der Waals surface area contributed by atoms with Gasteiger partial charge in [-0.05, 0) is 36.7 Å². The molecule has 0 bridgehead atoms. The monoisotopic (exact) mass is 400 g/mol. The average Bonchev–Trinajstić information content (AvgIpc) is 3.22. The van der Waals surface area contributed by atoms with Crippen molar-refractivity contribution < 1.29 is 0 Å². The molecule has 5 heteroatoms. The van der Waals surface area contributed by atoms with E-state index in [2.05, 4.69) is 70.8 Å². The molecule has 1 N–H and O–H groups in total. The van der Waals surface area contributed by atoms with E-state index in [1.807, 2.05) is 36.5 Å². The van der Waals surface area contributed by atoms with Crippen LogP contribution in [0.4, 0.5) is 10.9 Å². The van der Waals surface area contributed by atoms with Crippen molar-refractivity contribution in [2.75, 3.05) is 18.9 Å². The standard InChI is InChI=1S/C24H24N4S/c1-28(16-15-19-9-4-2-5-10-19)18-21-13-8-14-23(26-21)27-24-25-17-22(29-24)20-11-6-3-7-12-20/h2-14,17H,15-16,18H2,1H3,(H,25,26,27). The molecule has 0 fully saturated rings. The summed E-state index contributed by atoms with van der Waals surface area (Å²) < 4.78 is 0. The van der Waals surface area contributed by atoms with Gasteiger partial charge in [0.25, 0.3) is 0 Å². The lowest BCUT2D eigenvalue weighted by atomic mass is 10.1. The fraction of sp³-hybridized carbons (Fsp3) is 0.167. The number of nitrogens with zero attached hydrogens (tertiary/aromatic N) is 3. The first-order valence-corrected chi connectivity index (χ1v) is 10.5.